The summed E-state index contributed by atoms with van der Waals surface area (Å²) in [5.41, 5.74) is 5.67. The number of nitrogens with one attached hydrogen (secondary N) is 1. The van der Waals surface area contributed by atoms with Gasteiger partial charge in [-0.3, -0.25) is 9.59 Å². The van der Waals surface area contributed by atoms with Crippen LogP contribution in [0.2, 0.25) is 0 Å². The lowest BCUT2D eigenvalue weighted by atomic mass is 10.1. The lowest BCUT2D eigenvalue weighted by Gasteiger charge is -2.12. The zero-order valence-corrected chi connectivity index (χ0v) is 9.63. The lowest BCUT2D eigenvalue weighted by Crippen LogP contribution is -2.43. The van der Waals surface area contributed by atoms with Crippen LogP contribution in [0.25, 0.3) is 0 Å². The SMILES string of the molecule is NC(=O)C[C@@H](NC(=O)Cc1ccccc1)C(=O)O. The second-order valence-electron chi connectivity index (χ2n) is 3.79. The number of carbonyl (C=O) groups excluding carboxylic acids is 2. The summed E-state index contributed by atoms with van der Waals surface area (Å²) >= 11 is 0. The molecular formula is C12H14N2O4. The van der Waals surface area contributed by atoms with Crippen molar-refractivity contribution in [2.45, 2.75) is 18.9 Å². The zero-order chi connectivity index (χ0) is 13.5. The first kappa shape index (κ1) is 13.7. The highest BCUT2D eigenvalue weighted by atomic mass is 16.4. The standard InChI is InChI=1S/C12H14N2O4/c13-10(15)7-9(12(17)18)14-11(16)6-8-4-2-1-3-5-8/h1-5,9H,6-7H2,(H2,13,15)(H,14,16)(H,17,18)/t9-/m1/s1. The van der Waals surface area contributed by atoms with E-state index in [0.717, 1.165) is 5.56 Å². The number of amides is 2. The van der Waals surface area contributed by atoms with Crippen LogP contribution >= 0.6 is 0 Å². The van der Waals surface area contributed by atoms with Crippen LogP contribution in [0.5, 0.6) is 0 Å². The van der Waals surface area contributed by atoms with Gasteiger partial charge in [-0.1, -0.05) is 30.3 Å². The average molecular weight is 250 g/mol. The topological polar surface area (TPSA) is 109 Å². The molecule has 4 N–H and O–H groups in total. The van der Waals surface area contributed by atoms with Crippen molar-refractivity contribution >= 4 is 17.8 Å². The molecule has 6 heteroatoms. The minimum atomic E-state index is -1.28. The van der Waals surface area contributed by atoms with Crippen LogP contribution in [0, 0.1) is 0 Å². The molecular weight excluding hydrogens is 236 g/mol. The van der Waals surface area contributed by atoms with E-state index < -0.39 is 30.2 Å². The molecule has 0 unspecified atom stereocenters. The number of rotatable bonds is 6. The van der Waals surface area contributed by atoms with Crippen LogP contribution in [-0.4, -0.2) is 28.9 Å². The smallest absolute Gasteiger partial charge is 0.326 e. The third-order valence-corrected chi connectivity index (χ3v) is 2.25. The number of hydrogen-bond acceptors (Lipinski definition) is 3. The molecule has 18 heavy (non-hydrogen) atoms. The van der Waals surface area contributed by atoms with E-state index in [1.54, 1.807) is 24.3 Å². The van der Waals surface area contributed by atoms with Crippen molar-refractivity contribution in [1.29, 1.82) is 0 Å². The Morgan fingerprint density at radius 2 is 1.83 bits per heavy atom. The normalized spacial score (nSPS) is 11.6. The Bertz CT molecular complexity index is 445. The molecule has 0 bridgehead atoms. The Balaban J connectivity index is 2.56. The molecule has 0 spiro atoms. The Hall–Kier alpha value is -2.37. The summed E-state index contributed by atoms with van der Waals surface area (Å²) < 4.78 is 0. The van der Waals surface area contributed by atoms with E-state index in [0.29, 0.717) is 0 Å². The summed E-state index contributed by atoms with van der Waals surface area (Å²) in [6.07, 6.45) is -0.362. The van der Waals surface area contributed by atoms with Crippen LogP contribution in [-0.2, 0) is 20.8 Å². The van der Waals surface area contributed by atoms with Crippen molar-refractivity contribution < 1.29 is 19.5 Å². The van der Waals surface area contributed by atoms with E-state index in [-0.39, 0.29) is 6.42 Å². The van der Waals surface area contributed by atoms with Gasteiger partial charge >= 0.3 is 5.97 Å². The van der Waals surface area contributed by atoms with Crippen molar-refractivity contribution in [3.05, 3.63) is 35.9 Å². The number of carbonyl (C=O) groups is 3. The Morgan fingerprint density at radius 1 is 1.22 bits per heavy atom. The molecule has 0 radical (unpaired) electrons. The molecule has 1 aromatic rings. The van der Waals surface area contributed by atoms with Crippen molar-refractivity contribution in [2.24, 2.45) is 5.73 Å². The summed E-state index contributed by atoms with van der Waals surface area (Å²) in [6, 6.07) is 7.60. The molecule has 1 rings (SSSR count). The first-order valence-corrected chi connectivity index (χ1v) is 5.33. The molecule has 0 aromatic heterocycles. The van der Waals surface area contributed by atoms with E-state index in [9.17, 15) is 14.4 Å². The highest BCUT2D eigenvalue weighted by molar-refractivity contribution is 5.88. The largest absolute Gasteiger partial charge is 0.480 e. The molecule has 2 amide bonds. The summed E-state index contributed by atoms with van der Waals surface area (Å²) in [5.74, 6) is -2.52. The van der Waals surface area contributed by atoms with E-state index in [1.807, 2.05) is 6.07 Å². The summed E-state index contributed by atoms with van der Waals surface area (Å²) in [5, 5.41) is 11.1. The molecule has 0 fully saturated rings. The maximum Gasteiger partial charge on any atom is 0.326 e. The quantitative estimate of drug-likeness (QED) is 0.642. The van der Waals surface area contributed by atoms with Gasteiger partial charge in [0.15, 0.2) is 0 Å². The van der Waals surface area contributed by atoms with Crippen molar-refractivity contribution in [1.82, 2.24) is 5.32 Å². The van der Waals surface area contributed by atoms with E-state index >= 15 is 0 Å². The fraction of sp³-hybridized carbons (Fsp3) is 0.250. The third-order valence-electron chi connectivity index (χ3n) is 2.25. The molecule has 0 saturated carbocycles. The second-order valence-corrected chi connectivity index (χ2v) is 3.79. The van der Waals surface area contributed by atoms with Gasteiger partial charge in [-0.05, 0) is 5.56 Å². The first-order valence-electron chi connectivity index (χ1n) is 5.33. The molecule has 96 valence electrons. The zero-order valence-electron chi connectivity index (χ0n) is 9.63. The van der Waals surface area contributed by atoms with Crippen LogP contribution in [0.3, 0.4) is 0 Å². The minimum Gasteiger partial charge on any atom is -0.480 e. The molecule has 0 heterocycles. The molecule has 1 aromatic carbocycles. The number of aliphatic carboxylic acids is 1. The third kappa shape index (κ3) is 4.65. The fourth-order valence-electron chi connectivity index (χ4n) is 1.43. The summed E-state index contributed by atoms with van der Waals surface area (Å²) in [7, 11) is 0. The van der Waals surface area contributed by atoms with E-state index in [4.69, 9.17) is 10.8 Å². The maximum atomic E-state index is 11.6. The van der Waals surface area contributed by atoms with Gasteiger partial charge in [-0.15, -0.1) is 0 Å². The van der Waals surface area contributed by atoms with E-state index in [1.165, 1.54) is 0 Å². The van der Waals surface area contributed by atoms with Gasteiger partial charge in [0.2, 0.25) is 11.8 Å². The number of nitrogens with two attached hydrogens (primary N) is 1. The monoisotopic (exact) mass is 250 g/mol. The van der Waals surface area contributed by atoms with Gasteiger partial charge in [-0.25, -0.2) is 4.79 Å². The summed E-state index contributed by atoms with van der Waals surface area (Å²) in [6.45, 7) is 0. The fourth-order valence-corrected chi connectivity index (χ4v) is 1.43. The Kier molecular flexibility index (Phi) is 4.86. The van der Waals surface area contributed by atoms with Gasteiger partial charge < -0.3 is 16.2 Å². The molecule has 6 nitrogen and oxygen atoms in total. The van der Waals surface area contributed by atoms with Crippen molar-refractivity contribution in [2.75, 3.05) is 0 Å². The van der Waals surface area contributed by atoms with Gasteiger partial charge in [-0.2, -0.15) is 0 Å². The minimum absolute atomic E-state index is 0.0589. The van der Waals surface area contributed by atoms with Crippen molar-refractivity contribution in [3.8, 4) is 0 Å². The highest BCUT2D eigenvalue weighted by Crippen LogP contribution is 2.00. The van der Waals surface area contributed by atoms with Gasteiger partial charge in [0, 0.05) is 0 Å². The summed E-state index contributed by atoms with van der Waals surface area (Å²) in [4.78, 5) is 33.0. The average Bonchev–Trinajstić information content (AvgIpc) is 2.28. The van der Waals surface area contributed by atoms with Crippen LogP contribution in [0.15, 0.2) is 30.3 Å². The molecule has 0 aliphatic carbocycles. The maximum absolute atomic E-state index is 11.6. The Labute approximate surface area is 104 Å². The lowest BCUT2D eigenvalue weighted by molar-refractivity contribution is -0.143. The van der Waals surface area contributed by atoms with Crippen LogP contribution in [0.1, 0.15) is 12.0 Å². The second kappa shape index (κ2) is 6.39. The Morgan fingerprint density at radius 3 is 2.33 bits per heavy atom. The van der Waals surface area contributed by atoms with Crippen LogP contribution in [0.4, 0.5) is 0 Å². The van der Waals surface area contributed by atoms with Crippen molar-refractivity contribution in [3.63, 3.8) is 0 Å². The predicted molar refractivity (Wildman–Crippen MR) is 63.5 cm³/mol. The van der Waals surface area contributed by atoms with Gasteiger partial charge in [0.05, 0.1) is 12.8 Å². The number of benzene rings is 1. The molecule has 0 aliphatic rings. The number of carboxylic acids is 1. The number of primary amides is 1. The molecule has 1 atom stereocenters. The predicted octanol–water partition coefficient (Wildman–Crippen LogP) is -0.326. The number of carboxylic acid groups (broad SMARTS) is 1. The first-order chi connectivity index (χ1) is 8.49. The van der Waals surface area contributed by atoms with Gasteiger partial charge in [0.25, 0.3) is 0 Å². The highest BCUT2D eigenvalue weighted by Gasteiger charge is 2.21. The van der Waals surface area contributed by atoms with E-state index in [2.05, 4.69) is 5.32 Å². The van der Waals surface area contributed by atoms with Crippen LogP contribution < -0.4 is 11.1 Å². The molecule has 0 aliphatic heterocycles. The number of hydrogen-bond donors (Lipinski definition) is 3. The van der Waals surface area contributed by atoms with Gasteiger partial charge in [0.1, 0.15) is 6.04 Å². The molecule has 0 saturated heterocycles.